The number of allylic oxidation sites excluding steroid dienone is 10. The summed E-state index contributed by atoms with van der Waals surface area (Å²) in [6, 6.07) is -1.20. The molecule has 0 saturated carbocycles. The Hall–Kier alpha value is -3.50. The van der Waals surface area contributed by atoms with Crippen LogP contribution in [0.3, 0.4) is 0 Å². The molecule has 42 heavy (non-hydrogen) atoms. The Morgan fingerprint density at radius 2 is 1.24 bits per heavy atom. The van der Waals surface area contributed by atoms with Crippen molar-refractivity contribution < 1.29 is 43.2 Å². The largest absolute Gasteiger partial charge is 0.463 e. The number of aliphatic hydroxyl groups excluding tert-OH is 1. The lowest BCUT2D eigenvalue weighted by Crippen LogP contribution is -2.66. The summed E-state index contributed by atoms with van der Waals surface area (Å²) in [5.74, 6) is -2.42. The van der Waals surface area contributed by atoms with Crippen LogP contribution in [0, 0.1) is 0 Å². The van der Waals surface area contributed by atoms with Crippen LogP contribution in [0.15, 0.2) is 60.8 Å². The zero-order valence-corrected chi connectivity index (χ0v) is 25.2. The van der Waals surface area contributed by atoms with Crippen molar-refractivity contribution in [2.75, 3.05) is 6.61 Å². The van der Waals surface area contributed by atoms with Crippen LogP contribution in [0.25, 0.3) is 0 Å². The van der Waals surface area contributed by atoms with Gasteiger partial charge in [-0.2, -0.15) is 0 Å². The van der Waals surface area contributed by atoms with Crippen LogP contribution in [0.2, 0.25) is 0 Å². The van der Waals surface area contributed by atoms with Crippen molar-refractivity contribution in [2.45, 2.75) is 110 Å². The first-order valence-electron chi connectivity index (χ1n) is 14.5. The van der Waals surface area contributed by atoms with Crippen molar-refractivity contribution >= 4 is 23.8 Å². The third-order valence-electron chi connectivity index (χ3n) is 5.98. The molecule has 10 nitrogen and oxygen atoms in total. The monoisotopic (exact) mass is 589 g/mol. The molecular weight excluding hydrogens is 542 g/mol. The van der Waals surface area contributed by atoms with E-state index in [-0.39, 0.29) is 13.0 Å². The van der Waals surface area contributed by atoms with E-state index in [0.29, 0.717) is 12.8 Å². The molecule has 5 atom stereocenters. The molecule has 1 heterocycles. The third-order valence-corrected chi connectivity index (χ3v) is 5.98. The van der Waals surface area contributed by atoms with Gasteiger partial charge < -0.3 is 29.4 Å². The molecule has 1 amide bonds. The lowest BCUT2D eigenvalue weighted by atomic mass is 9.96. The molecule has 0 aromatic heterocycles. The molecule has 1 aliphatic rings. The molecule has 1 rings (SSSR count). The second-order valence-electron chi connectivity index (χ2n) is 9.71. The fourth-order valence-corrected chi connectivity index (χ4v) is 4.08. The number of rotatable bonds is 18. The summed E-state index contributed by atoms with van der Waals surface area (Å²) in [4.78, 5) is 47.4. The van der Waals surface area contributed by atoms with Crippen molar-refractivity contribution in [1.82, 2.24) is 5.32 Å². The lowest BCUT2D eigenvalue weighted by molar-refractivity contribution is -0.264. The number of unbranched alkanes of at least 4 members (excludes halogenated alkanes) is 1. The molecule has 234 valence electrons. The molecule has 0 bridgehead atoms. The molecule has 0 aromatic carbocycles. The standard InChI is InChI=1S/C32H47NO9/c1-5-6-7-8-9-10-11-12-13-14-15-16-17-18-19-20-21-22-28(37)33-29-31(41-26(4)36)30(40-25(3)35)27(42-32(29)38)23-39-24(2)34/h6-7,9-10,12-13,15-16,18-19,27,29-32,38H,5,8,11,14,17,20-23H2,1-4H3,(H,33,37)/b7-6-,10-9-,13-12-,16-15-,19-18-/t27?,29-,30+,31?,32+/m0/s1. The topological polar surface area (TPSA) is 137 Å². The van der Waals surface area contributed by atoms with Crippen LogP contribution in [0.5, 0.6) is 0 Å². The zero-order chi connectivity index (χ0) is 31.2. The molecule has 0 aliphatic carbocycles. The summed E-state index contributed by atoms with van der Waals surface area (Å²) < 4.78 is 21.0. The van der Waals surface area contributed by atoms with Gasteiger partial charge in [-0.25, -0.2) is 0 Å². The van der Waals surface area contributed by atoms with Gasteiger partial charge >= 0.3 is 17.9 Å². The van der Waals surface area contributed by atoms with E-state index < -0.39 is 54.5 Å². The average molecular weight is 590 g/mol. The van der Waals surface area contributed by atoms with Crippen LogP contribution in [0.4, 0.5) is 0 Å². The van der Waals surface area contributed by atoms with E-state index in [9.17, 15) is 24.3 Å². The maximum absolute atomic E-state index is 12.6. The molecule has 0 radical (unpaired) electrons. The first kappa shape index (κ1) is 36.5. The highest BCUT2D eigenvalue weighted by Crippen LogP contribution is 2.26. The average Bonchev–Trinajstić information content (AvgIpc) is 2.92. The summed E-state index contributed by atoms with van der Waals surface area (Å²) in [6.45, 7) is 5.26. The number of carbonyl (C=O) groups is 4. The van der Waals surface area contributed by atoms with Crippen LogP contribution >= 0.6 is 0 Å². The highest BCUT2D eigenvalue weighted by molar-refractivity contribution is 5.76. The fraction of sp³-hybridized carbons (Fsp3) is 0.562. The van der Waals surface area contributed by atoms with E-state index >= 15 is 0 Å². The van der Waals surface area contributed by atoms with Gasteiger partial charge in [0, 0.05) is 27.2 Å². The number of esters is 3. The van der Waals surface area contributed by atoms with E-state index in [0.717, 1.165) is 46.0 Å². The Morgan fingerprint density at radius 3 is 1.74 bits per heavy atom. The van der Waals surface area contributed by atoms with Crippen molar-refractivity contribution in [1.29, 1.82) is 0 Å². The van der Waals surface area contributed by atoms with Crippen molar-refractivity contribution in [2.24, 2.45) is 0 Å². The quantitative estimate of drug-likeness (QED) is 0.102. The highest BCUT2D eigenvalue weighted by Gasteiger charge is 2.50. The molecule has 0 aromatic rings. The Morgan fingerprint density at radius 1 is 0.738 bits per heavy atom. The minimum absolute atomic E-state index is 0.152. The van der Waals surface area contributed by atoms with E-state index in [1.165, 1.54) is 6.92 Å². The van der Waals surface area contributed by atoms with Gasteiger partial charge in [0.2, 0.25) is 5.91 Å². The maximum atomic E-state index is 12.6. The lowest BCUT2D eigenvalue weighted by Gasteiger charge is -2.43. The Labute approximate surface area is 249 Å². The Balaban J connectivity index is 2.49. The first-order chi connectivity index (χ1) is 20.1. The Bertz CT molecular complexity index is 982. The second-order valence-corrected chi connectivity index (χ2v) is 9.71. The van der Waals surface area contributed by atoms with Crippen LogP contribution < -0.4 is 5.32 Å². The number of amides is 1. The number of ether oxygens (including phenoxy) is 4. The summed E-state index contributed by atoms with van der Waals surface area (Å²) in [5, 5.41) is 13.2. The number of hydrogen-bond acceptors (Lipinski definition) is 9. The molecule has 1 fully saturated rings. The number of carbonyl (C=O) groups excluding carboxylic acids is 4. The molecular formula is C32H47NO9. The van der Waals surface area contributed by atoms with Crippen LogP contribution in [0.1, 0.15) is 79.1 Å². The number of nitrogens with one attached hydrogen (secondary N) is 1. The van der Waals surface area contributed by atoms with Crippen molar-refractivity contribution in [3.63, 3.8) is 0 Å². The van der Waals surface area contributed by atoms with Gasteiger partial charge in [0.05, 0.1) is 0 Å². The summed E-state index contributed by atoms with van der Waals surface area (Å²) in [6.07, 6.45) is 22.0. The van der Waals surface area contributed by atoms with Gasteiger partial charge in [-0.3, -0.25) is 19.2 Å². The summed E-state index contributed by atoms with van der Waals surface area (Å²) in [5.41, 5.74) is 0. The number of aliphatic hydroxyl groups is 1. The SMILES string of the molecule is CC/C=C\C/C=C\C/C=C\C/C=C\C/C=C\CCCC(=O)N[C@H]1C(OC(C)=O)[C@H](OC(C)=O)C(COC(C)=O)O[C@H]1O. The van der Waals surface area contributed by atoms with Gasteiger partial charge in [0.15, 0.2) is 18.5 Å². The van der Waals surface area contributed by atoms with Crippen molar-refractivity contribution in [3.8, 4) is 0 Å². The van der Waals surface area contributed by atoms with Gasteiger partial charge in [-0.1, -0.05) is 67.7 Å². The third kappa shape index (κ3) is 16.7. The minimum Gasteiger partial charge on any atom is -0.463 e. The molecule has 1 aliphatic heterocycles. The minimum atomic E-state index is -1.60. The Kier molecular flexibility index (Phi) is 19.3. The predicted octanol–water partition coefficient (Wildman–Crippen LogP) is 4.54. The van der Waals surface area contributed by atoms with Gasteiger partial charge in [0.25, 0.3) is 0 Å². The van der Waals surface area contributed by atoms with E-state index in [1.807, 2.05) is 12.2 Å². The van der Waals surface area contributed by atoms with E-state index in [4.69, 9.17) is 18.9 Å². The van der Waals surface area contributed by atoms with Crippen LogP contribution in [-0.2, 0) is 38.1 Å². The van der Waals surface area contributed by atoms with Gasteiger partial charge in [0.1, 0.15) is 18.8 Å². The maximum Gasteiger partial charge on any atom is 0.303 e. The zero-order valence-electron chi connectivity index (χ0n) is 25.2. The predicted molar refractivity (Wildman–Crippen MR) is 159 cm³/mol. The molecule has 1 saturated heterocycles. The highest BCUT2D eigenvalue weighted by atomic mass is 16.7. The molecule has 2 unspecified atom stereocenters. The smallest absolute Gasteiger partial charge is 0.303 e. The molecule has 0 spiro atoms. The molecule has 10 heteroatoms. The van der Waals surface area contributed by atoms with E-state index in [1.54, 1.807) is 0 Å². The molecule has 2 N–H and O–H groups in total. The first-order valence-corrected chi connectivity index (χ1v) is 14.5. The fourth-order valence-electron chi connectivity index (χ4n) is 4.08. The normalized spacial score (nSPS) is 22.8. The number of hydrogen-bond donors (Lipinski definition) is 2. The van der Waals surface area contributed by atoms with Gasteiger partial charge in [-0.15, -0.1) is 0 Å². The van der Waals surface area contributed by atoms with E-state index in [2.05, 4.69) is 60.8 Å². The summed E-state index contributed by atoms with van der Waals surface area (Å²) in [7, 11) is 0. The van der Waals surface area contributed by atoms with Crippen molar-refractivity contribution in [3.05, 3.63) is 60.8 Å². The second kappa shape index (κ2) is 22.1. The van der Waals surface area contributed by atoms with Crippen LogP contribution in [-0.4, -0.2) is 66.2 Å². The summed E-state index contributed by atoms with van der Waals surface area (Å²) >= 11 is 0. The van der Waals surface area contributed by atoms with Gasteiger partial charge in [-0.05, 0) is 44.9 Å².